The Hall–Kier alpha value is -3.60. The van der Waals surface area contributed by atoms with Crippen LogP contribution in [0.4, 0.5) is 18.9 Å². The summed E-state index contributed by atoms with van der Waals surface area (Å²) in [4.78, 5) is 28.1. The quantitative estimate of drug-likeness (QED) is 0.596. The minimum Gasteiger partial charge on any atom is -0.320 e. The average Bonchev–Trinajstić information content (AvgIpc) is 3.10. The summed E-state index contributed by atoms with van der Waals surface area (Å²) in [5, 5.41) is 11.2. The Morgan fingerprint density at radius 1 is 1.26 bits per heavy atom. The molecule has 3 rings (SSSR count). The van der Waals surface area contributed by atoms with Crippen molar-refractivity contribution in [3.05, 3.63) is 78.9 Å². The largest absolute Gasteiger partial charge is 0.320 e. The van der Waals surface area contributed by atoms with Gasteiger partial charge in [-0.15, -0.1) is 11.3 Å². The first-order chi connectivity index (χ1) is 14.8. The zero-order valence-electron chi connectivity index (χ0n) is 15.3. The number of carbonyl (C=O) groups is 1. The van der Waals surface area contributed by atoms with E-state index in [1.807, 2.05) is 6.07 Å². The van der Waals surface area contributed by atoms with Gasteiger partial charge < -0.3 is 9.88 Å². The monoisotopic (exact) mass is 462 g/mol. The van der Waals surface area contributed by atoms with Crippen molar-refractivity contribution in [3.8, 4) is 17.9 Å². The number of hydrogen-bond acceptors (Lipinski definition) is 5. The second-order valence-electron chi connectivity index (χ2n) is 6.00. The average molecular weight is 463 g/mol. The van der Waals surface area contributed by atoms with Crippen molar-refractivity contribution in [2.75, 3.05) is 5.32 Å². The molecule has 0 aliphatic rings. The molecule has 0 saturated heterocycles. The second kappa shape index (κ2) is 9.47. The van der Waals surface area contributed by atoms with E-state index < -0.39 is 30.3 Å². The van der Waals surface area contributed by atoms with Crippen LogP contribution in [-0.2, 0) is 6.54 Å². The van der Waals surface area contributed by atoms with Gasteiger partial charge in [0.2, 0.25) is 0 Å². The Bertz CT molecular complexity index is 1320. The van der Waals surface area contributed by atoms with E-state index in [4.69, 9.17) is 16.9 Å². The standard InChI is InChI=1S/C20H10ClF3N4O2S/c21-18-13(2-1-11-3-12(6-25)8-26-7-11)4-16(31-18)19(29)27-14-5-15(22)20(30)28(9-14)10-17(23)24/h3-5,7-9,17H,10H2,(H,27,29). The molecule has 0 radical (unpaired) electrons. The van der Waals surface area contributed by atoms with Crippen LogP contribution in [0.15, 0.2) is 41.6 Å². The fraction of sp³-hybridized carbons (Fsp3) is 0.100. The van der Waals surface area contributed by atoms with E-state index in [1.54, 1.807) is 0 Å². The Kier molecular flexibility index (Phi) is 6.75. The summed E-state index contributed by atoms with van der Waals surface area (Å²) in [6, 6.07) is 5.63. The zero-order chi connectivity index (χ0) is 22.5. The van der Waals surface area contributed by atoms with Crippen LogP contribution in [0.2, 0.25) is 4.34 Å². The molecule has 0 aliphatic carbocycles. The smallest absolute Gasteiger partial charge is 0.286 e. The van der Waals surface area contributed by atoms with Gasteiger partial charge in [0.1, 0.15) is 10.4 Å². The number of nitrogens with zero attached hydrogens (tertiary/aromatic N) is 3. The fourth-order valence-electron chi connectivity index (χ4n) is 2.42. The molecule has 6 nitrogen and oxygen atoms in total. The topological polar surface area (TPSA) is 87.8 Å². The molecule has 0 fully saturated rings. The number of anilines is 1. The summed E-state index contributed by atoms with van der Waals surface area (Å²) in [7, 11) is 0. The Morgan fingerprint density at radius 3 is 2.71 bits per heavy atom. The molecule has 0 aromatic carbocycles. The molecule has 11 heteroatoms. The third-order valence-corrected chi connectivity index (χ3v) is 5.11. The van der Waals surface area contributed by atoms with E-state index in [0.717, 1.165) is 23.6 Å². The molecule has 0 aliphatic heterocycles. The highest BCUT2D eigenvalue weighted by molar-refractivity contribution is 7.18. The number of hydrogen-bond donors (Lipinski definition) is 1. The molecule has 0 saturated carbocycles. The third kappa shape index (κ3) is 5.51. The molecule has 3 aromatic heterocycles. The summed E-state index contributed by atoms with van der Waals surface area (Å²) in [5.41, 5.74) is -0.231. The number of alkyl halides is 2. The normalized spacial score (nSPS) is 10.3. The van der Waals surface area contributed by atoms with E-state index in [9.17, 15) is 22.8 Å². The van der Waals surface area contributed by atoms with Crippen molar-refractivity contribution in [2.45, 2.75) is 13.0 Å². The van der Waals surface area contributed by atoms with Gasteiger partial charge in [-0.1, -0.05) is 23.4 Å². The van der Waals surface area contributed by atoms with Crippen LogP contribution in [0.3, 0.4) is 0 Å². The van der Waals surface area contributed by atoms with Gasteiger partial charge in [-0.2, -0.15) is 5.26 Å². The molecule has 156 valence electrons. The minimum absolute atomic E-state index is 0.130. The molecule has 1 N–H and O–H groups in total. The number of aromatic nitrogens is 2. The summed E-state index contributed by atoms with van der Waals surface area (Å²) < 4.78 is 39.6. The molecule has 1 amide bonds. The van der Waals surface area contributed by atoms with Crippen LogP contribution in [0.1, 0.15) is 26.4 Å². The summed E-state index contributed by atoms with van der Waals surface area (Å²) >= 11 is 7.03. The highest BCUT2D eigenvalue weighted by Gasteiger charge is 2.16. The first-order valence-electron chi connectivity index (χ1n) is 8.43. The second-order valence-corrected chi connectivity index (χ2v) is 7.66. The van der Waals surface area contributed by atoms with E-state index in [0.29, 0.717) is 21.3 Å². The van der Waals surface area contributed by atoms with Gasteiger partial charge in [0.25, 0.3) is 17.9 Å². The minimum atomic E-state index is -2.87. The number of nitriles is 1. The summed E-state index contributed by atoms with van der Waals surface area (Å²) in [6.45, 7) is -1.01. The maximum atomic E-state index is 13.7. The molecule has 3 aromatic rings. The highest BCUT2D eigenvalue weighted by Crippen LogP contribution is 2.28. The van der Waals surface area contributed by atoms with Crippen molar-refractivity contribution in [2.24, 2.45) is 0 Å². The van der Waals surface area contributed by atoms with Crippen molar-refractivity contribution in [3.63, 3.8) is 0 Å². The molecule has 0 bridgehead atoms. The lowest BCUT2D eigenvalue weighted by atomic mass is 10.2. The number of carbonyl (C=O) groups excluding carboxylic acids is 1. The van der Waals surface area contributed by atoms with Crippen molar-refractivity contribution in [1.29, 1.82) is 5.26 Å². The number of amides is 1. The van der Waals surface area contributed by atoms with Crippen LogP contribution >= 0.6 is 22.9 Å². The van der Waals surface area contributed by atoms with Crippen LogP contribution in [-0.4, -0.2) is 21.9 Å². The molecule has 31 heavy (non-hydrogen) atoms. The van der Waals surface area contributed by atoms with Gasteiger partial charge in [-0.05, 0) is 12.1 Å². The number of pyridine rings is 2. The zero-order valence-corrected chi connectivity index (χ0v) is 16.9. The first kappa shape index (κ1) is 22.1. The van der Waals surface area contributed by atoms with E-state index in [-0.39, 0.29) is 14.9 Å². The van der Waals surface area contributed by atoms with Gasteiger partial charge in [0.15, 0.2) is 5.82 Å². The summed E-state index contributed by atoms with van der Waals surface area (Å²) in [5.74, 6) is 3.60. The molecule has 0 atom stereocenters. The van der Waals surface area contributed by atoms with Crippen LogP contribution < -0.4 is 10.9 Å². The number of thiophene rings is 1. The fourth-order valence-corrected chi connectivity index (χ4v) is 3.50. The molecule has 0 spiro atoms. The lowest BCUT2D eigenvalue weighted by molar-refractivity contribution is 0.103. The van der Waals surface area contributed by atoms with Gasteiger partial charge in [-0.25, -0.2) is 13.2 Å². The van der Waals surface area contributed by atoms with Crippen molar-refractivity contribution < 1.29 is 18.0 Å². The maximum Gasteiger partial charge on any atom is 0.286 e. The SMILES string of the molecule is N#Cc1cncc(C#Cc2cc(C(=O)Nc3cc(F)c(=O)n(CC(F)F)c3)sc2Cl)c1. The Balaban J connectivity index is 1.82. The predicted molar refractivity (Wildman–Crippen MR) is 109 cm³/mol. The van der Waals surface area contributed by atoms with E-state index in [1.165, 1.54) is 24.5 Å². The lowest BCUT2D eigenvalue weighted by Crippen LogP contribution is -2.26. The molecule has 3 heterocycles. The van der Waals surface area contributed by atoms with Gasteiger partial charge in [-0.3, -0.25) is 14.6 Å². The van der Waals surface area contributed by atoms with E-state index in [2.05, 4.69) is 22.1 Å². The Labute approximate surface area is 182 Å². The van der Waals surface area contributed by atoms with Gasteiger partial charge in [0.05, 0.1) is 28.2 Å². The van der Waals surface area contributed by atoms with Crippen molar-refractivity contribution in [1.82, 2.24) is 9.55 Å². The maximum absolute atomic E-state index is 13.7. The number of rotatable bonds is 4. The van der Waals surface area contributed by atoms with Crippen LogP contribution in [0.5, 0.6) is 0 Å². The van der Waals surface area contributed by atoms with E-state index >= 15 is 0 Å². The van der Waals surface area contributed by atoms with Crippen molar-refractivity contribution >= 4 is 34.5 Å². The lowest BCUT2D eigenvalue weighted by Gasteiger charge is -2.09. The molecular formula is C20H10ClF3N4O2S. The van der Waals surface area contributed by atoms with Gasteiger partial charge >= 0.3 is 0 Å². The number of nitrogens with one attached hydrogen (secondary N) is 1. The van der Waals surface area contributed by atoms with Crippen LogP contribution in [0.25, 0.3) is 0 Å². The highest BCUT2D eigenvalue weighted by atomic mass is 35.5. The predicted octanol–water partition coefficient (Wildman–Crippen LogP) is 3.89. The van der Waals surface area contributed by atoms with Crippen LogP contribution in [0, 0.1) is 29.0 Å². The number of halogens is 4. The third-order valence-electron chi connectivity index (χ3n) is 3.75. The molecular weight excluding hydrogens is 453 g/mol. The summed E-state index contributed by atoms with van der Waals surface area (Å²) in [6.07, 6.45) is 0.910. The first-order valence-corrected chi connectivity index (χ1v) is 9.62. The van der Waals surface area contributed by atoms with Gasteiger partial charge in [0, 0.05) is 30.2 Å². The molecule has 0 unspecified atom stereocenters. The Morgan fingerprint density at radius 2 is 2.00 bits per heavy atom.